The van der Waals surface area contributed by atoms with Crippen LogP contribution >= 0.6 is 7.82 Å². The molecule has 0 aliphatic carbocycles. The van der Waals surface area contributed by atoms with Crippen molar-refractivity contribution >= 4 is 25.7 Å². The van der Waals surface area contributed by atoms with Gasteiger partial charge in [-0.2, -0.15) is 0 Å². The zero-order chi connectivity index (χ0) is 44.2. The third-order valence-electron chi connectivity index (χ3n) is 11.4. The number of carbonyl (C=O) groups excluding carboxylic acids is 2. The highest BCUT2D eigenvalue weighted by Crippen LogP contribution is 2.43. The molecule has 11 nitrogen and oxygen atoms in total. The number of phosphoric ester groups is 1. The molecule has 0 saturated carbocycles. The number of nitrogens with one attached hydrogen (secondary N) is 1. The number of amides is 1. The van der Waals surface area contributed by atoms with Gasteiger partial charge in [0.1, 0.15) is 12.7 Å². The Kier molecular flexibility index (Phi) is 43.0. The van der Waals surface area contributed by atoms with Crippen LogP contribution in [0.25, 0.3) is 0 Å². The summed E-state index contributed by atoms with van der Waals surface area (Å²) < 4.78 is 26.9. The quantitative estimate of drug-likeness (QED) is 0.0262. The van der Waals surface area contributed by atoms with Crippen molar-refractivity contribution in [2.45, 2.75) is 270 Å². The highest BCUT2D eigenvalue weighted by atomic mass is 31.2. The Hall–Kier alpha value is -1.52. The number of hydrogen-bond acceptors (Lipinski definition) is 8. The number of aliphatic hydroxyl groups excluding tert-OH is 1. The summed E-state index contributed by atoms with van der Waals surface area (Å²) in [5, 5.41) is 21.9. The average Bonchev–Trinajstić information content (AvgIpc) is 3.22. The minimum atomic E-state index is -4.75. The van der Waals surface area contributed by atoms with Crippen molar-refractivity contribution in [2.24, 2.45) is 0 Å². The molecule has 0 aromatic carbocycles. The lowest BCUT2D eigenvalue weighted by molar-refractivity contribution is -0.147. The van der Waals surface area contributed by atoms with Gasteiger partial charge in [-0.25, -0.2) is 9.36 Å². The van der Waals surface area contributed by atoms with Gasteiger partial charge in [-0.15, -0.1) is 0 Å². The lowest BCUT2D eigenvalue weighted by atomic mass is 10.0. The Morgan fingerprint density at radius 1 is 0.467 bits per heavy atom. The molecule has 356 valence electrons. The predicted molar refractivity (Wildman–Crippen MR) is 245 cm³/mol. The van der Waals surface area contributed by atoms with E-state index >= 15 is 0 Å². The second kappa shape index (κ2) is 44.1. The van der Waals surface area contributed by atoms with Gasteiger partial charge >= 0.3 is 19.8 Å². The number of aliphatic hydroxyl groups is 1. The first-order valence-electron chi connectivity index (χ1n) is 25.1. The van der Waals surface area contributed by atoms with E-state index in [1.54, 1.807) is 0 Å². The number of esters is 1. The Morgan fingerprint density at radius 3 is 1.10 bits per heavy atom. The van der Waals surface area contributed by atoms with Crippen molar-refractivity contribution in [3.05, 3.63) is 0 Å². The number of carbonyl (C=O) groups is 3. The van der Waals surface area contributed by atoms with Crippen molar-refractivity contribution in [1.82, 2.24) is 5.32 Å². The van der Waals surface area contributed by atoms with Gasteiger partial charge in [-0.1, -0.05) is 232 Å². The van der Waals surface area contributed by atoms with Crippen LogP contribution in [0.4, 0.5) is 0 Å². The van der Waals surface area contributed by atoms with Crippen LogP contribution in [0, 0.1) is 0 Å². The summed E-state index contributed by atoms with van der Waals surface area (Å²) in [6.07, 6.45) is 44.1. The van der Waals surface area contributed by atoms with Crippen LogP contribution < -0.4 is 5.32 Å². The molecule has 0 saturated heterocycles. The number of carboxylic acids is 1. The van der Waals surface area contributed by atoms with Crippen LogP contribution in [0.15, 0.2) is 0 Å². The molecule has 3 unspecified atom stereocenters. The monoisotopic (exact) mass is 876 g/mol. The Morgan fingerprint density at radius 2 is 0.767 bits per heavy atom. The number of hydrogen-bond donors (Lipinski definition) is 4. The SMILES string of the molecule is CCCCCCCCCCCCCCCCCCCCCCCCC(=O)NC(COP(=O)(O)OCC(O)COC(=O)CCCCCCCCCCCCCCCC)C(=O)O. The maximum atomic E-state index is 12.4. The summed E-state index contributed by atoms with van der Waals surface area (Å²) in [6, 6.07) is -1.54. The van der Waals surface area contributed by atoms with Crippen molar-refractivity contribution < 1.29 is 47.8 Å². The molecule has 4 N–H and O–H groups in total. The average molecular weight is 876 g/mol. The van der Waals surface area contributed by atoms with Crippen LogP contribution in [-0.4, -0.2) is 64.9 Å². The molecule has 0 rings (SSSR count). The first kappa shape index (κ1) is 58.5. The zero-order valence-corrected chi connectivity index (χ0v) is 39.7. The maximum Gasteiger partial charge on any atom is 0.472 e. The van der Waals surface area contributed by atoms with Gasteiger partial charge in [0, 0.05) is 12.8 Å². The largest absolute Gasteiger partial charge is 0.480 e. The minimum absolute atomic E-state index is 0.153. The predicted octanol–water partition coefficient (Wildman–Crippen LogP) is 13.5. The molecule has 0 radical (unpaired) electrons. The van der Waals surface area contributed by atoms with E-state index in [4.69, 9.17) is 13.8 Å². The lowest BCUT2D eigenvalue weighted by Gasteiger charge is -2.18. The van der Waals surface area contributed by atoms with E-state index in [9.17, 15) is 34.1 Å². The highest BCUT2D eigenvalue weighted by molar-refractivity contribution is 7.47. The van der Waals surface area contributed by atoms with E-state index in [0.29, 0.717) is 12.8 Å². The van der Waals surface area contributed by atoms with Gasteiger partial charge in [0.15, 0.2) is 6.04 Å². The molecule has 60 heavy (non-hydrogen) atoms. The molecule has 0 aromatic heterocycles. The summed E-state index contributed by atoms with van der Waals surface area (Å²) in [6.45, 7) is 2.65. The van der Waals surface area contributed by atoms with Crippen molar-refractivity contribution in [3.63, 3.8) is 0 Å². The van der Waals surface area contributed by atoms with E-state index < -0.39 is 57.6 Å². The molecule has 0 fully saturated rings. The molecule has 1 amide bonds. The molecule has 0 aliphatic rings. The summed E-state index contributed by atoms with van der Waals surface area (Å²) in [5.74, 6) is -2.35. The number of phosphoric acid groups is 1. The van der Waals surface area contributed by atoms with Gasteiger partial charge in [-0.3, -0.25) is 18.6 Å². The third-order valence-corrected chi connectivity index (χ3v) is 12.3. The number of ether oxygens (including phenoxy) is 1. The molecule has 12 heteroatoms. The zero-order valence-electron chi connectivity index (χ0n) is 38.8. The highest BCUT2D eigenvalue weighted by Gasteiger charge is 2.28. The fraction of sp³-hybridized carbons (Fsp3) is 0.938. The van der Waals surface area contributed by atoms with Crippen LogP contribution in [0.1, 0.15) is 258 Å². The Bertz CT molecular complexity index is 1030. The van der Waals surface area contributed by atoms with E-state index in [1.165, 1.54) is 180 Å². The Labute approximate surface area is 367 Å². The van der Waals surface area contributed by atoms with Crippen molar-refractivity contribution in [1.29, 1.82) is 0 Å². The fourth-order valence-corrected chi connectivity index (χ4v) is 8.27. The van der Waals surface area contributed by atoms with Crippen molar-refractivity contribution in [3.8, 4) is 0 Å². The second-order valence-electron chi connectivity index (χ2n) is 17.4. The lowest BCUT2D eigenvalue weighted by Crippen LogP contribution is -2.43. The number of unbranched alkanes of at least 4 members (excludes halogenated alkanes) is 34. The fourth-order valence-electron chi connectivity index (χ4n) is 7.50. The van der Waals surface area contributed by atoms with Gasteiger partial charge < -0.3 is 25.2 Å². The van der Waals surface area contributed by atoms with Crippen molar-refractivity contribution in [2.75, 3.05) is 19.8 Å². The second-order valence-corrected chi connectivity index (χ2v) is 18.8. The third kappa shape index (κ3) is 43.1. The van der Waals surface area contributed by atoms with E-state index in [1.807, 2.05) is 0 Å². The standard InChI is InChI=1S/C48H94NO10P/c1-3-5-7-9-11-13-15-17-19-20-21-22-23-24-25-26-27-29-31-33-35-37-39-46(51)49-45(48(53)54)43-59-60(55,56)58-42-44(50)41-57-47(52)40-38-36-34-32-30-28-18-16-14-12-10-8-6-4-2/h44-45,50H,3-43H2,1-2H3,(H,49,51)(H,53,54)(H,55,56). The van der Waals surface area contributed by atoms with Crippen LogP contribution in [0.3, 0.4) is 0 Å². The maximum absolute atomic E-state index is 12.4. The molecular weight excluding hydrogens is 781 g/mol. The minimum Gasteiger partial charge on any atom is -0.480 e. The van der Waals surface area contributed by atoms with Gasteiger partial charge in [-0.05, 0) is 12.8 Å². The topological polar surface area (TPSA) is 169 Å². The summed E-state index contributed by atoms with van der Waals surface area (Å²) in [5.41, 5.74) is 0. The first-order chi connectivity index (χ1) is 29.1. The number of rotatable bonds is 48. The Balaban J connectivity index is 3.79. The van der Waals surface area contributed by atoms with Crippen LogP contribution in [0.5, 0.6) is 0 Å². The normalized spacial score (nSPS) is 13.5. The van der Waals surface area contributed by atoms with Gasteiger partial charge in [0.2, 0.25) is 5.91 Å². The molecular formula is C48H94NO10P. The molecule has 0 heterocycles. The van der Waals surface area contributed by atoms with Gasteiger partial charge in [0.05, 0.1) is 13.2 Å². The van der Waals surface area contributed by atoms with E-state index in [-0.39, 0.29) is 12.8 Å². The summed E-state index contributed by atoms with van der Waals surface area (Å²) >= 11 is 0. The van der Waals surface area contributed by atoms with E-state index in [2.05, 4.69) is 19.2 Å². The number of aliphatic carboxylic acids is 1. The van der Waals surface area contributed by atoms with Crippen LogP contribution in [-0.2, 0) is 32.7 Å². The van der Waals surface area contributed by atoms with E-state index in [0.717, 1.165) is 38.5 Å². The summed E-state index contributed by atoms with van der Waals surface area (Å²) in [4.78, 5) is 46.0. The molecule has 0 aromatic rings. The van der Waals surface area contributed by atoms with Crippen LogP contribution in [0.2, 0.25) is 0 Å². The molecule has 0 aliphatic heterocycles. The first-order valence-corrected chi connectivity index (χ1v) is 26.6. The summed E-state index contributed by atoms with van der Waals surface area (Å²) in [7, 11) is -4.75. The molecule has 0 bridgehead atoms. The smallest absolute Gasteiger partial charge is 0.472 e. The molecule has 3 atom stereocenters. The number of carboxylic acid groups (broad SMARTS) is 1. The van der Waals surface area contributed by atoms with Gasteiger partial charge in [0.25, 0.3) is 0 Å². The molecule has 0 spiro atoms.